The summed E-state index contributed by atoms with van der Waals surface area (Å²) in [6.45, 7) is 11.7. The van der Waals surface area contributed by atoms with Crippen LogP contribution >= 0.6 is 0 Å². The smallest absolute Gasteiger partial charge is 0.119 e. The molecule has 0 amide bonds. The predicted octanol–water partition coefficient (Wildman–Crippen LogP) is 2.59. The zero-order valence-corrected chi connectivity index (χ0v) is 14.5. The summed E-state index contributed by atoms with van der Waals surface area (Å²) in [6.07, 6.45) is 0.614. The highest BCUT2D eigenvalue weighted by molar-refractivity contribution is 5.31. The van der Waals surface area contributed by atoms with Crippen molar-refractivity contribution in [3.63, 3.8) is 0 Å². The molecule has 0 radical (unpaired) electrons. The van der Waals surface area contributed by atoms with E-state index in [4.69, 9.17) is 18.9 Å². The summed E-state index contributed by atoms with van der Waals surface area (Å²) in [4.78, 5) is 2.39. The lowest BCUT2D eigenvalue weighted by Gasteiger charge is -2.35. The fourth-order valence-electron chi connectivity index (χ4n) is 2.78. The summed E-state index contributed by atoms with van der Waals surface area (Å²) >= 11 is 0. The molecule has 1 heterocycles. The SMILES string of the molecule is CCOc1ccc(OCCOCCN2CC(C)OC(C)C2)cc1. The van der Waals surface area contributed by atoms with Crippen molar-refractivity contribution in [2.45, 2.75) is 33.0 Å². The summed E-state index contributed by atoms with van der Waals surface area (Å²) in [5.74, 6) is 1.71. The third-order valence-electron chi connectivity index (χ3n) is 3.68. The molecule has 0 N–H and O–H groups in total. The van der Waals surface area contributed by atoms with Gasteiger partial charge >= 0.3 is 0 Å². The molecule has 1 aromatic carbocycles. The van der Waals surface area contributed by atoms with Gasteiger partial charge in [0.15, 0.2) is 0 Å². The standard InChI is InChI=1S/C18H29NO4/c1-4-21-17-5-7-18(8-6-17)22-12-11-20-10-9-19-13-15(2)23-16(3)14-19/h5-8,15-16H,4,9-14H2,1-3H3. The van der Waals surface area contributed by atoms with E-state index in [0.717, 1.165) is 37.7 Å². The number of rotatable bonds is 9. The second-order valence-corrected chi connectivity index (χ2v) is 5.88. The van der Waals surface area contributed by atoms with E-state index < -0.39 is 0 Å². The third-order valence-corrected chi connectivity index (χ3v) is 3.68. The molecule has 130 valence electrons. The van der Waals surface area contributed by atoms with Gasteiger partial charge in [-0.15, -0.1) is 0 Å². The Bertz CT molecular complexity index is 427. The Morgan fingerprint density at radius 1 is 0.957 bits per heavy atom. The first-order valence-electron chi connectivity index (χ1n) is 8.48. The molecule has 0 spiro atoms. The van der Waals surface area contributed by atoms with E-state index in [2.05, 4.69) is 18.7 Å². The normalized spacial score (nSPS) is 22.0. The van der Waals surface area contributed by atoms with E-state index in [1.165, 1.54) is 0 Å². The summed E-state index contributed by atoms with van der Waals surface area (Å²) < 4.78 is 22.4. The van der Waals surface area contributed by atoms with Gasteiger partial charge in [-0.1, -0.05) is 0 Å². The van der Waals surface area contributed by atoms with Gasteiger partial charge in [0.25, 0.3) is 0 Å². The third kappa shape index (κ3) is 6.77. The second kappa shape index (κ2) is 9.75. The number of hydrogen-bond donors (Lipinski definition) is 0. The van der Waals surface area contributed by atoms with Crippen LogP contribution in [0.15, 0.2) is 24.3 Å². The Balaban J connectivity index is 1.53. The van der Waals surface area contributed by atoms with E-state index in [0.29, 0.717) is 32.0 Å². The van der Waals surface area contributed by atoms with Crippen LogP contribution in [0.3, 0.4) is 0 Å². The van der Waals surface area contributed by atoms with Gasteiger partial charge < -0.3 is 18.9 Å². The van der Waals surface area contributed by atoms with Crippen LogP contribution in [0.2, 0.25) is 0 Å². The van der Waals surface area contributed by atoms with Gasteiger partial charge in [0.05, 0.1) is 32.0 Å². The van der Waals surface area contributed by atoms with Gasteiger partial charge in [-0.2, -0.15) is 0 Å². The minimum absolute atomic E-state index is 0.307. The van der Waals surface area contributed by atoms with Crippen molar-refractivity contribution in [2.75, 3.05) is 46.1 Å². The highest BCUT2D eigenvalue weighted by Gasteiger charge is 2.21. The molecule has 1 aliphatic rings. The Kier molecular flexibility index (Phi) is 7.65. The maximum Gasteiger partial charge on any atom is 0.119 e. The number of morpholine rings is 1. The zero-order valence-electron chi connectivity index (χ0n) is 14.5. The van der Waals surface area contributed by atoms with Crippen LogP contribution in [-0.2, 0) is 9.47 Å². The molecular formula is C18H29NO4. The Morgan fingerprint density at radius 2 is 1.57 bits per heavy atom. The van der Waals surface area contributed by atoms with Crippen LogP contribution in [0.4, 0.5) is 0 Å². The molecule has 1 fully saturated rings. The fraction of sp³-hybridized carbons (Fsp3) is 0.667. The van der Waals surface area contributed by atoms with Crippen LogP contribution in [0.5, 0.6) is 11.5 Å². The molecule has 1 aromatic rings. The fourth-order valence-corrected chi connectivity index (χ4v) is 2.78. The second-order valence-electron chi connectivity index (χ2n) is 5.88. The van der Waals surface area contributed by atoms with Crippen molar-refractivity contribution >= 4 is 0 Å². The molecule has 5 heteroatoms. The Morgan fingerprint density at radius 3 is 2.17 bits per heavy atom. The van der Waals surface area contributed by atoms with Gasteiger partial charge in [-0.25, -0.2) is 0 Å². The van der Waals surface area contributed by atoms with Gasteiger partial charge in [0, 0.05) is 19.6 Å². The van der Waals surface area contributed by atoms with Crippen molar-refractivity contribution in [1.82, 2.24) is 4.90 Å². The molecule has 2 unspecified atom stereocenters. The Labute approximate surface area is 139 Å². The molecule has 0 aromatic heterocycles. The minimum Gasteiger partial charge on any atom is -0.494 e. The average Bonchev–Trinajstić information content (AvgIpc) is 2.51. The summed E-state index contributed by atoms with van der Waals surface area (Å²) in [5, 5.41) is 0. The number of nitrogens with zero attached hydrogens (tertiary/aromatic N) is 1. The van der Waals surface area contributed by atoms with Crippen LogP contribution in [-0.4, -0.2) is 63.2 Å². The van der Waals surface area contributed by atoms with E-state index in [-0.39, 0.29) is 0 Å². The minimum atomic E-state index is 0.307. The van der Waals surface area contributed by atoms with Crippen LogP contribution in [0.1, 0.15) is 20.8 Å². The highest BCUT2D eigenvalue weighted by atomic mass is 16.5. The number of ether oxygens (including phenoxy) is 4. The maximum absolute atomic E-state index is 5.72. The van der Waals surface area contributed by atoms with E-state index in [1.54, 1.807) is 0 Å². The van der Waals surface area contributed by atoms with E-state index >= 15 is 0 Å². The molecular weight excluding hydrogens is 294 g/mol. The lowest BCUT2D eigenvalue weighted by atomic mass is 10.2. The molecule has 0 aliphatic carbocycles. The van der Waals surface area contributed by atoms with Gasteiger partial charge in [-0.3, -0.25) is 4.90 Å². The molecule has 23 heavy (non-hydrogen) atoms. The molecule has 1 saturated heterocycles. The van der Waals surface area contributed by atoms with Gasteiger partial charge in [0.1, 0.15) is 18.1 Å². The number of benzene rings is 1. The van der Waals surface area contributed by atoms with Crippen molar-refractivity contribution in [3.05, 3.63) is 24.3 Å². The lowest BCUT2D eigenvalue weighted by molar-refractivity contribution is -0.0734. The first-order valence-corrected chi connectivity index (χ1v) is 8.48. The summed E-state index contributed by atoms with van der Waals surface area (Å²) in [6, 6.07) is 7.67. The largest absolute Gasteiger partial charge is 0.494 e. The molecule has 2 atom stereocenters. The monoisotopic (exact) mass is 323 g/mol. The topological polar surface area (TPSA) is 40.2 Å². The lowest BCUT2D eigenvalue weighted by Crippen LogP contribution is -2.46. The average molecular weight is 323 g/mol. The van der Waals surface area contributed by atoms with Gasteiger partial charge in [0.2, 0.25) is 0 Å². The zero-order chi connectivity index (χ0) is 16.5. The molecule has 0 saturated carbocycles. The first-order chi connectivity index (χ1) is 11.2. The van der Waals surface area contributed by atoms with Crippen molar-refractivity contribution in [3.8, 4) is 11.5 Å². The van der Waals surface area contributed by atoms with Gasteiger partial charge in [-0.05, 0) is 45.0 Å². The predicted molar refractivity (Wildman–Crippen MR) is 90.4 cm³/mol. The van der Waals surface area contributed by atoms with Crippen molar-refractivity contribution in [2.24, 2.45) is 0 Å². The molecule has 5 nitrogen and oxygen atoms in total. The first kappa shape index (κ1) is 18.0. The Hall–Kier alpha value is -1.30. The van der Waals surface area contributed by atoms with E-state index in [1.807, 2.05) is 31.2 Å². The van der Waals surface area contributed by atoms with Crippen molar-refractivity contribution in [1.29, 1.82) is 0 Å². The quantitative estimate of drug-likeness (QED) is 0.653. The molecule has 0 bridgehead atoms. The van der Waals surface area contributed by atoms with E-state index in [9.17, 15) is 0 Å². The molecule has 2 rings (SSSR count). The highest BCUT2D eigenvalue weighted by Crippen LogP contribution is 2.17. The van der Waals surface area contributed by atoms with Crippen molar-refractivity contribution < 1.29 is 18.9 Å². The molecule has 1 aliphatic heterocycles. The van der Waals surface area contributed by atoms with Crippen LogP contribution in [0, 0.1) is 0 Å². The maximum atomic E-state index is 5.72. The number of hydrogen-bond acceptors (Lipinski definition) is 5. The summed E-state index contributed by atoms with van der Waals surface area (Å²) in [7, 11) is 0. The summed E-state index contributed by atoms with van der Waals surface area (Å²) in [5.41, 5.74) is 0. The van der Waals surface area contributed by atoms with Crippen LogP contribution in [0.25, 0.3) is 0 Å². The van der Waals surface area contributed by atoms with Crippen LogP contribution < -0.4 is 9.47 Å².